The minimum Gasteiger partial charge on any atom is -0.493 e. The van der Waals surface area contributed by atoms with E-state index in [0.29, 0.717) is 13.2 Å². The zero-order valence-corrected chi connectivity index (χ0v) is 19.0. The zero-order chi connectivity index (χ0) is 22.6. The quantitative estimate of drug-likeness (QED) is 0.272. The van der Waals surface area contributed by atoms with Gasteiger partial charge in [-0.15, -0.1) is 0 Å². The van der Waals surface area contributed by atoms with Crippen LogP contribution in [0, 0.1) is 0 Å². The fourth-order valence-corrected chi connectivity index (χ4v) is 3.25. The van der Waals surface area contributed by atoms with Gasteiger partial charge in [0.2, 0.25) is 0 Å². The third-order valence-electron chi connectivity index (χ3n) is 4.81. The van der Waals surface area contributed by atoms with Crippen molar-refractivity contribution >= 4 is 5.96 Å². The molecule has 0 aliphatic rings. The number of rotatable bonds is 11. The van der Waals surface area contributed by atoms with E-state index in [1.165, 1.54) is 5.56 Å². The number of nitrogens with one attached hydrogen (secondary N) is 2. The lowest BCUT2D eigenvalue weighted by Gasteiger charge is -2.13. The Hall–Kier alpha value is -3.55. The number of aromatic nitrogens is 3. The van der Waals surface area contributed by atoms with E-state index in [1.807, 2.05) is 35.9 Å². The van der Waals surface area contributed by atoms with Crippen molar-refractivity contribution in [2.24, 2.45) is 4.99 Å². The Balaban J connectivity index is 1.53. The summed E-state index contributed by atoms with van der Waals surface area (Å²) >= 11 is 0. The smallest absolute Gasteiger partial charge is 0.191 e. The van der Waals surface area contributed by atoms with Crippen LogP contribution >= 0.6 is 0 Å². The predicted molar refractivity (Wildman–Crippen MR) is 127 cm³/mol. The van der Waals surface area contributed by atoms with Crippen molar-refractivity contribution in [1.82, 2.24) is 25.2 Å². The molecule has 1 aromatic carbocycles. The Labute approximate surface area is 189 Å². The zero-order valence-electron chi connectivity index (χ0n) is 19.0. The molecule has 0 aliphatic heterocycles. The predicted octanol–water partition coefficient (Wildman–Crippen LogP) is 3.36. The number of aryl methyl sites for hydroxylation is 1. The van der Waals surface area contributed by atoms with E-state index < -0.39 is 0 Å². The van der Waals surface area contributed by atoms with Gasteiger partial charge in [-0.2, -0.15) is 0 Å². The molecule has 0 unspecified atom stereocenters. The number of nitrogens with zero attached hydrogens (tertiary/aromatic N) is 4. The van der Waals surface area contributed by atoms with E-state index in [2.05, 4.69) is 39.7 Å². The molecule has 2 N–H and O–H groups in total. The van der Waals surface area contributed by atoms with Crippen LogP contribution in [0.2, 0.25) is 0 Å². The fraction of sp³-hybridized carbons (Fsp3) is 0.375. The standard InChI is InChI=1S/C24H32N6O2/c1-4-26-24(29-17-20-10-12-27-23(16-20)30-14-13-25-18-30)28-11-6-7-19-8-9-21(31-3)22(15-19)32-5-2/h8-10,12-16,18H,4-7,11,17H2,1-3H3,(H2,26,28,29). The van der Waals surface area contributed by atoms with Gasteiger partial charge in [-0.05, 0) is 62.1 Å². The fourth-order valence-electron chi connectivity index (χ4n) is 3.25. The number of ether oxygens (including phenoxy) is 2. The van der Waals surface area contributed by atoms with Gasteiger partial charge in [0.1, 0.15) is 12.1 Å². The molecule has 0 saturated heterocycles. The Bertz CT molecular complexity index is 988. The van der Waals surface area contributed by atoms with E-state index in [9.17, 15) is 0 Å². The molecule has 0 radical (unpaired) electrons. The first kappa shape index (κ1) is 23.1. The average Bonchev–Trinajstić information content (AvgIpc) is 3.36. The van der Waals surface area contributed by atoms with Gasteiger partial charge in [0, 0.05) is 31.7 Å². The van der Waals surface area contributed by atoms with E-state index >= 15 is 0 Å². The maximum Gasteiger partial charge on any atom is 0.191 e. The Morgan fingerprint density at radius 1 is 1.06 bits per heavy atom. The summed E-state index contributed by atoms with van der Waals surface area (Å²) in [4.78, 5) is 13.2. The minimum atomic E-state index is 0.565. The molecule has 8 heteroatoms. The normalized spacial score (nSPS) is 11.3. The monoisotopic (exact) mass is 436 g/mol. The molecule has 0 amide bonds. The molecule has 0 aliphatic carbocycles. The largest absolute Gasteiger partial charge is 0.493 e. The second kappa shape index (κ2) is 12.3. The lowest BCUT2D eigenvalue weighted by atomic mass is 10.1. The van der Waals surface area contributed by atoms with Crippen molar-refractivity contribution in [3.05, 3.63) is 66.4 Å². The highest BCUT2D eigenvalue weighted by Crippen LogP contribution is 2.28. The number of guanidine groups is 1. The summed E-state index contributed by atoms with van der Waals surface area (Å²) in [7, 11) is 1.66. The molecular formula is C24H32N6O2. The van der Waals surface area contributed by atoms with Crippen molar-refractivity contribution in [2.45, 2.75) is 33.2 Å². The molecule has 0 atom stereocenters. The van der Waals surface area contributed by atoms with Crippen LogP contribution in [0.4, 0.5) is 0 Å². The first-order valence-corrected chi connectivity index (χ1v) is 11.0. The average molecular weight is 437 g/mol. The molecule has 3 aromatic rings. The molecule has 32 heavy (non-hydrogen) atoms. The van der Waals surface area contributed by atoms with Crippen LogP contribution in [0.25, 0.3) is 5.82 Å². The first-order valence-electron chi connectivity index (χ1n) is 11.0. The van der Waals surface area contributed by atoms with Gasteiger partial charge in [0.15, 0.2) is 17.5 Å². The number of aliphatic imine (C=N–C) groups is 1. The number of methoxy groups -OCH3 is 1. The number of hydrogen-bond donors (Lipinski definition) is 2. The topological polar surface area (TPSA) is 85.6 Å². The van der Waals surface area contributed by atoms with E-state index in [0.717, 1.165) is 54.8 Å². The molecule has 0 saturated carbocycles. The summed E-state index contributed by atoms with van der Waals surface area (Å²) in [5.74, 6) is 3.20. The van der Waals surface area contributed by atoms with Crippen molar-refractivity contribution in [1.29, 1.82) is 0 Å². The molecule has 0 bridgehead atoms. The number of imidazole rings is 1. The number of pyridine rings is 1. The van der Waals surface area contributed by atoms with Gasteiger partial charge in [-0.25, -0.2) is 15.0 Å². The third kappa shape index (κ3) is 6.73. The first-order chi connectivity index (χ1) is 15.7. The molecule has 0 spiro atoms. The second-order valence-corrected chi connectivity index (χ2v) is 7.14. The van der Waals surface area contributed by atoms with Crippen molar-refractivity contribution < 1.29 is 9.47 Å². The molecular weight excluding hydrogens is 404 g/mol. The molecule has 2 heterocycles. The van der Waals surface area contributed by atoms with Crippen LogP contribution in [0.5, 0.6) is 11.5 Å². The van der Waals surface area contributed by atoms with Gasteiger partial charge in [0.05, 0.1) is 20.3 Å². The van der Waals surface area contributed by atoms with Gasteiger partial charge in [-0.1, -0.05) is 6.07 Å². The van der Waals surface area contributed by atoms with Crippen molar-refractivity contribution in [3.8, 4) is 17.3 Å². The Morgan fingerprint density at radius 3 is 2.72 bits per heavy atom. The highest BCUT2D eigenvalue weighted by Gasteiger charge is 2.06. The van der Waals surface area contributed by atoms with Crippen LogP contribution in [-0.4, -0.2) is 47.3 Å². The summed E-state index contributed by atoms with van der Waals surface area (Å²) in [6.07, 6.45) is 9.06. The van der Waals surface area contributed by atoms with Crippen LogP contribution in [0.3, 0.4) is 0 Å². The summed E-state index contributed by atoms with van der Waals surface area (Å²) in [5, 5.41) is 6.72. The maximum absolute atomic E-state index is 5.67. The third-order valence-corrected chi connectivity index (χ3v) is 4.81. The molecule has 0 fully saturated rings. The number of hydrogen-bond acceptors (Lipinski definition) is 5. The van der Waals surface area contributed by atoms with Crippen molar-refractivity contribution in [3.63, 3.8) is 0 Å². The highest BCUT2D eigenvalue weighted by atomic mass is 16.5. The van der Waals surface area contributed by atoms with Crippen LogP contribution < -0.4 is 20.1 Å². The summed E-state index contributed by atoms with van der Waals surface area (Å²) < 4.78 is 12.9. The second-order valence-electron chi connectivity index (χ2n) is 7.14. The highest BCUT2D eigenvalue weighted by molar-refractivity contribution is 5.79. The molecule has 8 nitrogen and oxygen atoms in total. The Kier molecular flexibility index (Phi) is 8.92. The summed E-state index contributed by atoms with van der Waals surface area (Å²) in [6.45, 7) is 6.84. The molecule has 2 aromatic heterocycles. The van der Waals surface area contributed by atoms with Crippen LogP contribution in [0.1, 0.15) is 31.4 Å². The maximum atomic E-state index is 5.67. The van der Waals surface area contributed by atoms with E-state index in [4.69, 9.17) is 14.5 Å². The molecule has 3 rings (SSSR count). The lowest BCUT2D eigenvalue weighted by molar-refractivity contribution is 0.310. The summed E-state index contributed by atoms with van der Waals surface area (Å²) in [6, 6.07) is 10.1. The minimum absolute atomic E-state index is 0.565. The van der Waals surface area contributed by atoms with Crippen LogP contribution in [-0.2, 0) is 13.0 Å². The SMILES string of the molecule is CCNC(=NCc1ccnc(-n2ccnc2)c1)NCCCc1ccc(OC)c(OCC)c1. The summed E-state index contributed by atoms with van der Waals surface area (Å²) in [5.41, 5.74) is 2.31. The van der Waals surface area contributed by atoms with Gasteiger partial charge < -0.3 is 20.1 Å². The van der Waals surface area contributed by atoms with Gasteiger partial charge >= 0.3 is 0 Å². The van der Waals surface area contributed by atoms with E-state index in [1.54, 1.807) is 25.8 Å². The van der Waals surface area contributed by atoms with Gasteiger partial charge in [-0.3, -0.25) is 4.57 Å². The lowest BCUT2D eigenvalue weighted by Crippen LogP contribution is -2.37. The Morgan fingerprint density at radius 2 is 1.97 bits per heavy atom. The van der Waals surface area contributed by atoms with Gasteiger partial charge in [0.25, 0.3) is 0 Å². The molecule has 170 valence electrons. The van der Waals surface area contributed by atoms with Crippen LogP contribution in [0.15, 0.2) is 60.2 Å². The van der Waals surface area contributed by atoms with Crippen molar-refractivity contribution in [2.75, 3.05) is 26.8 Å². The number of benzene rings is 1. The van der Waals surface area contributed by atoms with E-state index in [-0.39, 0.29) is 0 Å².